The van der Waals surface area contributed by atoms with Crippen LogP contribution in [0.1, 0.15) is 0 Å². The largest absolute Gasteiger partial charge is 0.395 e. The van der Waals surface area contributed by atoms with Gasteiger partial charge >= 0.3 is 0 Å². The molecule has 0 atom stereocenters. The Morgan fingerprint density at radius 2 is 0.800 bits per heavy atom. The van der Waals surface area contributed by atoms with E-state index < -0.39 is 0 Å². The quantitative estimate of drug-likeness (QED) is 0.306. The maximum absolute atomic E-state index is 8.80. The van der Waals surface area contributed by atoms with Crippen molar-refractivity contribution in [2.75, 3.05) is 59.3 Å². The van der Waals surface area contributed by atoms with E-state index in [-0.39, 0.29) is 26.4 Å². The van der Waals surface area contributed by atoms with E-state index in [0.29, 0.717) is 32.8 Å². The molecule has 0 aliphatic carbocycles. The molecule has 0 aromatic carbocycles. The average molecular weight is 222 g/mol. The van der Waals surface area contributed by atoms with E-state index in [0.717, 1.165) is 0 Å². The van der Waals surface area contributed by atoms with Crippen LogP contribution in [0.3, 0.4) is 0 Å². The highest BCUT2D eigenvalue weighted by Gasteiger charge is 2.09. The van der Waals surface area contributed by atoms with E-state index in [2.05, 4.69) is 0 Å². The highest BCUT2D eigenvalue weighted by atomic mass is 16.3. The third-order valence-corrected chi connectivity index (χ3v) is 2.06. The highest BCUT2D eigenvalue weighted by Crippen LogP contribution is 1.93. The van der Waals surface area contributed by atoms with Crippen molar-refractivity contribution in [1.29, 1.82) is 0 Å². The summed E-state index contributed by atoms with van der Waals surface area (Å²) in [5.41, 5.74) is 0. The van der Waals surface area contributed by atoms with E-state index in [4.69, 9.17) is 20.4 Å². The van der Waals surface area contributed by atoms with Crippen LogP contribution in [0.15, 0.2) is 0 Å². The molecular formula is C9H22N2O4. The fourth-order valence-electron chi connectivity index (χ4n) is 1.35. The van der Waals surface area contributed by atoms with Crippen LogP contribution in [-0.4, -0.2) is 89.5 Å². The van der Waals surface area contributed by atoms with Crippen molar-refractivity contribution in [2.24, 2.45) is 0 Å². The van der Waals surface area contributed by atoms with Crippen LogP contribution in [0, 0.1) is 0 Å². The Morgan fingerprint density at radius 1 is 0.533 bits per heavy atom. The molecule has 92 valence electrons. The zero-order valence-corrected chi connectivity index (χ0v) is 9.05. The minimum Gasteiger partial charge on any atom is -0.395 e. The molecule has 6 nitrogen and oxygen atoms in total. The fourth-order valence-corrected chi connectivity index (χ4v) is 1.35. The summed E-state index contributed by atoms with van der Waals surface area (Å²) in [7, 11) is 0. The van der Waals surface area contributed by atoms with Crippen molar-refractivity contribution in [1.82, 2.24) is 9.80 Å². The molecule has 0 aromatic heterocycles. The number of hydrogen-bond acceptors (Lipinski definition) is 6. The van der Waals surface area contributed by atoms with Crippen LogP contribution in [0.25, 0.3) is 0 Å². The van der Waals surface area contributed by atoms with Crippen LogP contribution in [-0.2, 0) is 0 Å². The molecular weight excluding hydrogens is 200 g/mol. The molecule has 0 rings (SSSR count). The molecule has 0 amide bonds. The van der Waals surface area contributed by atoms with Gasteiger partial charge in [-0.05, 0) is 0 Å². The molecule has 15 heavy (non-hydrogen) atoms. The SMILES string of the molecule is OCCN(CCO)CN(CCO)CCO. The summed E-state index contributed by atoms with van der Waals surface area (Å²) in [6.07, 6.45) is 0. The van der Waals surface area contributed by atoms with Gasteiger partial charge in [0.1, 0.15) is 0 Å². The molecule has 0 aliphatic heterocycles. The molecule has 6 heteroatoms. The van der Waals surface area contributed by atoms with Crippen molar-refractivity contribution in [3.05, 3.63) is 0 Å². The Morgan fingerprint density at radius 3 is 1.00 bits per heavy atom. The lowest BCUT2D eigenvalue weighted by atomic mass is 10.4. The monoisotopic (exact) mass is 222 g/mol. The summed E-state index contributed by atoms with van der Waals surface area (Å²) in [5.74, 6) is 0. The lowest BCUT2D eigenvalue weighted by Gasteiger charge is -2.28. The topological polar surface area (TPSA) is 87.4 Å². The normalized spacial score (nSPS) is 11.6. The second kappa shape index (κ2) is 10.3. The van der Waals surface area contributed by atoms with Crippen LogP contribution in [0.5, 0.6) is 0 Å². The molecule has 0 saturated carbocycles. The average Bonchev–Trinajstić information content (AvgIpc) is 2.19. The van der Waals surface area contributed by atoms with Crippen molar-refractivity contribution >= 4 is 0 Å². The summed E-state index contributed by atoms with van der Waals surface area (Å²) in [5, 5.41) is 35.2. The van der Waals surface area contributed by atoms with E-state index in [1.54, 1.807) is 0 Å². The molecule has 0 bridgehead atoms. The van der Waals surface area contributed by atoms with Crippen molar-refractivity contribution in [3.63, 3.8) is 0 Å². The maximum Gasteiger partial charge on any atom is 0.0558 e. The molecule has 0 aliphatic rings. The predicted molar refractivity (Wildman–Crippen MR) is 56.4 cm³/mol. The van der Waals surface area contributed by atoms with Crippen LogP contribution in [0.4, 0.5) is 0 Å². The fraction of sp³-hybridized carbons (Fsp3) is 1.00. The molecule has 0 unspecified atom stereocenters. The number of aliphatic hydroxyl groups is 4. The van der Waals surface area contributed by atoms with Gasteiger partial charge in [0, 0.05) is 26.2 Å². The van der Waals surface area contributed by atoms with Gasteiger partial charge in [-0.15, -0.1) is 0 Å². The van der Waals surface area contributed by atoms with Crippen LogP contribution in [0.2, 0.25) is 0 Å². The zero-order valence-electron chi connectivity index (χ0n) is 9.05. The smallest absolute Gasteiger partial charge is 0.0558 e. The van der Waals surface area contributed by atoms with Gasteiger partial charge in [0.05, 0.1) is 33.1 Å². The Labute approximate surface area is 90.4 Å². The number of nitrogens with zero attached hydrogens (tertiary/aromatic N) is 2. The van der Waals surface area contributed by atoms with Crippen molar-refractivity contribution in [2.45, 2.75) is 0 Å². The predicted octanol–water partition coefficient (Wildman–Crippen LogP) is -2.48. The number of aliphatic hydroxyl groups excluding tert-OH is 4. The van der Waals surface area contributed by atoms with E-state index >= 15 is 0 Å². The van der Waals surface area contributed by atoms with E-state index in [1.165, 1.54) is 0 Å². The molecule has 4 N–H and O–H groups in total. The Balaban J connectivity index is 3.93. The van der Waals surface area contributed by atoms with E-state index in [9.17, 15) is 0 Å². The maximum atomic E-state index is 8.80. The number of rotatable bonds is 10. The number of hydrogen-bond donors (Lipinski definition) is 4. The van der Waals surface area contributed by atoms with Gasteiger partial charge in [0.25, 0.3) is 0 Å². The zero-order chi connectivity index (χ0) is 11.5. The van der Waals surface area contributed by atoms with Gasteiger partial charge in [-0.3, -0.25) is 9.80 Å². The molecule has 0 fully saturated rings. The Bertz CT molecular complexity index is 111. The van der Waals surface area contributed by atoms with Gasteiger partial charge in [-0.25, -0.2) is 0 Å². The highest BCUT2D eigenvalue weighted by molar-refractivity contribution is 4.60. The standard InChI is InChI=1S/C9H22N2O4/c12-5-1-10(2-6-13)9-11(3-7-14)4-8-15/h12-15H,1-9H2. The minimum atomic E-state index is 0.0338. The third-order valence-electron chi connectivity index (χ3n) is 2.06. The van der Waals surface area contributed by atoms with Gasteiger partial charge in [0.15, 0.2) is 0 Å². The third kappa shape index (κ3) is 7.66. The molecule has 0 aromatic rings. The first-order valence-electron chi connectivity index (χ1n) is 5.16. The summed E-state index contributed by atoms with van der Waals surface area (Å²) < 4.78 is 0. The Kier molecular flexibility index (Phi) is 10.1. The second-order valence-electron chi connectivity index (χ2n) is 3.27. The molecule has 0 radical (unpaired) electrons. The lowest BCUT2D eigenvalue weighted by Crippen LogP contribution is -2.43. The van der Waals surface area contributed by atoms with Gasteiger partial charge in [-0.1, -0.05) is 0 Å². The van der Waals surface area contributed by atoms with Gasteiger partial charge < -0.3 is 20.4 Å². The first kappa shape index (κ1) is 14.8. The molecule has 0 spiro atoms. The molecule has 0 saturated heterocycles. The van der Waals surface area contributed by atoms with Crippen LogP contribution < -0.4 is 0 Å². The first-order chi connectivity index (χ1) is 7.28. The summed E-state index contributed by atoms with van der Waals surface area (Å²) >= 11 is 0. The summed E-state index contributed by atoms with van der Waals surface area (Å²) in [6.45, 7) is 2.59. The summed E-state index contributed by atoms with van der Waals surface area (Å²) in [6, 6.07) is 0. The lowest BCUT2D eigenvalue weighted by molar-refractivity contribution is 0.0696. The van der Waals surface area contributed by atoms with Gasteiger partial charge in [-0.2, -0.15) is 0 Å². The second-order valence-corrected chi connectivity index (χ2v) is 3.27. The van der Waals surface area contributed by atoms with E-state index in [1.807, 2.05) is 9.80 Å². The van der Waals surface area contributed by atoms with Crippen molar-refractivity contribution < 1.29 is 20.4 Å². The van der Waals surface area contributed by atoms with Gasteiger partial charge in [0.2, 0.25) is 0 Å². The summed E-state index contributed by atoms with van der Waals surface area (Å²) in [4.78, 5) is 3.73. The first-order valence-corrected chi connectivity index (χ1v) is 5.16. The van der Waals surface area contributed by atoms with Crippen molar-refractivity contribution in [3.8, 4) is 0 Å². The Hall–Kier alpha value is -0.240. The van der Waals surface area contributed by atoms with Crippen LogP contribution >= 0.6 is 0 Å². The minimum absolute atomic E-state index is 0.0338. The molecule has 0 heterocycles.